The van der Waals surface area contributed by atoms with Crippen LogP contribution < -0.4 is 5.73 Å². The summed E-state index contributed by atoms with van der Waals surface area (Å²) in [5.74, 6) is 0. The molecule has 0 amide bonds. The second kappa shape index (κ2) is 5.47. The van der Waals surface area contributed by atoms with Gasteiger partial charge in [-0.2, -0.15) is 4.31 Å². The Morgan fingerprint density at radius 3 is 2.63 bits per heavy atom. The third-order valence-electron chi connectivity index (χ3n) is 3.51. The van der Waals surface area contributed by atoms with Crippen LogP contribution in [0.4, 0.5) is 0 Å². The molecule has 0 bridgehead atoms. The van der Waals surface area contributed by atoms with Gasteiger partial charge in [0.15, 0.2) is 4.21 Å². The molecule has 2 heterocycles. The Kier molecular flexibility index (Phi) is 4.29. The third-order valence-corrected chi connectivity index (χ3v) is 7.09. The lowest BCUT2D eigenvalue weighted by Gasteiger charge is -2.36. The Morgan fingerprint density at radius 1 is 1.42 bits per heavy atom. The molecule has 108 valence electrons. The molecule has 0 aliphatic carbocycles. The average molecular weight is 303 g/mol. The van der Waals surface area contributed by atoms with E-state index in [-0.39, 0.29) is 12.1 Å². The predicted molar refractivity (Wildman–Crippen MR) is 76.8 cm³/mol. The van der Waals surface area contributed by atoms with Crippen LogP contribution in [0.2, 0.25) is 0 Å². The molecule has 0 unspecified atom stereocenters. The monoisotopic (exact) mass is 303 g/mol. The van der Waals surface area contributed by atoms with Gasteiger partial charge in [0.2, 0.25) is 0 Å². The second-order valence-corrected chi connectivity index (χ2v) is 8.43. The molecule has 5 nitrogen and oxygen atoms in total. The second-order valence-electron chi connectivity index (χ2n) is 5.14. The number of rotatable bonds is 3. The van der Waals surface area contributed by atoms with Crippen LogP contribution in [0.3, 0.4) is 0 Å². The first-order chi connectivity index (χ1) is 8.84. The molecule has 0 saturated carbocycles. The smallest absolute Gasteiger partial charge is 0.254 e. The van der Waals surface area contributed by atoms with Crippen LogP contribution in [0.5, 0.6) is 0 Å². The van der Waals surface area contributed by atoms with Gasteiger partial charge in [-0.25, -0.2) is 13.4 Å². The van der Waals surface area contributed by atoms with Gasteiger partial charge in [-0.15, -0.1) is 11.3 Å². The molecule has 1 aliphatic heterocycles. The van der Waals surface area contributed by atoms with Crippen molar-refractivity contribution in [3.63, 3.8) is 0 Å². The van der Waals surface area contributed by atoms with Crippen molar-refractivity contribution in [3.8, 4) is 0 Å². The topological polar surface area (TPSA) is 76.3 Å². The highest BCUT2D eigenvalue weighted by molar-refractivity contribution is 7.91. The van der Waals surface area contributed by atoms with Gasteiger partial charge in [0.25, 0.3) is 10.0 Å². The fraction of sp³-hybridized carbons (Fsp3) is 0.750. The quantitative estimate of drug-likeness (QED) is 0.921. The first-order valence-electron chi connectivity index (χ1n) is 6.55. The standard InChI is InChI=1S/C12H21N3O2S2/c1-8(13)11-6-4-5-7-15(11)19(16,17)12-9(2)14-10(3)18-12/h8,11H,4-7,13H2,1-3H3/t8-,11+/m1/s1. The number of hydrogen-bond acceptors (Lipinski definition) is 5. The van der Waals surface area contributed by atoms with Gasteiger partial charge in [-0.1, -0.05) is 6.42 Å². The van der Waals surface area contributed by atoms with E-state index >= 15 is 0 Å². The van der Waals surface area contributed by atoms with Crippen LogP contribution >= 0.6 is 11.3 Å². The highest BCUT2D eigenvalue weighted by atomic mass is 32.2. The van der Waals surface area contributed by atoms with Crippen LogP contribution in [-0.2, 0) is 10.0 Å². The van der Waals surface area contributed by atoms with Crippen LogP contribution in [0, 0.1) is 13.8 Å². The molecule has 0 aromatic carbocycles. The van der Waals surface area contributed by atoms with Crippen molar-refractivity contribution >= 4 is 21.4 Å². The van der Waals surface area contributed by atoms with Gasteiger partial charge < -0.3 is 5.73 Å². The van der Waals surface area contributed by atoms with Gasteiger partial charge >= 0.3 is 0 Å². The van der Waals surface area contributed by atoms with E-state index in [1.165, 1.54) is 11.3 Å². The van der Waals surface area contributed by atoms with Crippen molar-refractivity contribution in [2.45, 2.75) is 56.3 Å². The zero-order chi connectivity index (χ0) is 14.2. The summed E-state index contributed by atoms with van der Waals surface area (Å²) in [6.07, 6.45) is 2.78. The molecule has 1 aromatic rings. The van der Waals surface area contributed by atoms with Crippen molar-refractivity contribution in [1.82, 2.24) is 9.29 Å². The maximum atomic E-state index is 12.8. The van der Waals surface area contributed by atoms with E-state index in [9.17, 15) is 8.42 Å². The molecule has 0 spiro atoms. The highest BCUT2D eigenvalue weighted by Gasteiger charge is 2.37. The molecule has 1 fully saturated rings. The Morgan fingerprint density at radius 2 is 2.11 bits per heavy atom. The lowest BCUT2D eigenvalue weighted by Crippen LogP contribution is -2.51. The number of thiazole rings is 1. The summed E-state index contributed by atoms with van der Waals surface area (Å²) in [4.78, 5) is 4.22. The number of aromatic nitrogens is 1. The van der Waals surface area contributed by atoms with Crippen LogP contribution in [0.15, 0.2) is 4.21 Å². The summed E-state index contributed by atoms with van der Waals surface area (Å²) < 4.78 is 27.5. The summed E-state index contributed by atoms with van der Waals surface area (Å²) in [6, 6.07) is -0.245. The minimum Gasteiger partial charge on any atom is -0.326 e. The molecule has 0 radical (unpaired) electrons. The van der Waals surface area contributed by atoms with Gasteiger partial charge in [-0.3, -0.25) is 0 Å². The fourth-order valence-corrected chi connectivity index (χ4v) is 5.98. The van der Waals surface area contributed by atoms with Crippen molar-refractivity contribution < 1.29 is 8.42 Å². The minimum absolute atomic E-state index is 0.0967. The van der Waals surface area contributed by atoms with Crippen LogP contribution in [0.25, 0.3) is 0 Å². The van der Waals surface area contributed by atoms with Crippen LogP contribution in [-0.4, -0.2) is 36.3 Å². The summed E-state index contributed by atoms with van der Waals surface area (Å²) in [6.45, 7) is 6.02. The Hall–Kier alpha value is -0.500. The number of hydrogen-bond donors (Lipinski definition) is 1. The van der Waals surface area contributed by atoms with Crippen molar-refractivity contribution in [2.75, 3.05) is 6.54 Å². The minimum atomic E-state index is -3.46. The maximum absolute atomic E-state index is 12.8. The van der Waals surface area contributed by atoms with Crippen molar-refractivity contribution in [2.24, 2.45) is 5.73 Å². The molecular formula is C12H21N3O2S2. The van der Waals surface area contributed by atoms with E-state index < -0.39 is 10.0 Å². The summed E-state index contributed by atoms with van der Waals surface area (Å²) in [5.41, 5.74) is 6.55. The maximum Gasteiger partial charge on any atom is 0.254 e. The molecule has 1 aliphatic rings. The first kappa shape index (κ1) is 14.9. The zero-order valence-electron chi connectivity index (χ0n) is 11.6. The Balaban J connectivity index is 2.40. The highest BCUT2D eigenvalue weighted by Crippen LogP contribution is 2.31. The van der Waals surface area contributed by atoms with Crippen molar-refractivity contribution in [1.29, 1.82) is 0 Å². The molecular weight excluding hydrogens is 282 g/mol. The summed E-state index contributed by atoms with van der Waals surface area (Å²) in [5, 5.41) is 0.783. The normalized spacial score (nSPS) is 23.5. The fourth-order valence-electron chi connectivity index (χ4n) is 2.61. The lowest BCUT2D eigenvalue weighted by molar-refractivity contribution is 0.227. The van der Waals surface area contributed by atoms with E-state index in [0.717, 1.165) is 24.3 Å². The predicted octanol–water partition coefficient (Wildman–Crippen LogP) is 1.65. The van der Waals surface area contributed by atoms with Gasteiger partial charge in [-0.05, 0) is 33.6 Å². The van der Waals surface area contributed by atoms with E-state index in [1.54, 1.807) is 11.2 Å². The SMILES string of the molecule is Cc1nc(C)c(S(=O)(=O)N2CCCC[C@H]2[C@@H](C)N)s1. The molecule has 19 heavy (non-hydrogen) atoms. The largest absolute Gasteiger partial charge is 0.326 e. The first-order valence-corrected chi connectivity index (χ1v) is 8.81. The van der Waals surface area contributed by atoms with E-state index in [4.69, 9.17) is 5.73 Å². The number of nitrogens with zero attached hydrogens (tertiary/aromatic N) is 2. The number of piperidine rings is 1. The molecule has 2 atom stereocenters. The number of nitrogens with two attached hydrogens (primary N) is 1. The summed E-state index contributed by atoms with van der Waals surface area (Å²) in [7, 11) is -3.46. The molecule has 2 N–H and O–H groups in total. The van der Waals surface area contributed by atoms with Gasteiger partial charge in [0, 0.05) is 18.6 Å². The molecule has 1 aromatic heterocycles. The van der Waals surface area contributed by atoms with Gasteiger partial charge in [0.1, 0.15) is 0 Å². The molecule has 2 rings (SSSR count). The van der Waals surface area contributed by atoms with Gasteiger partial charge in [0.05, 0.1) is 10.7 Å². The average Bonchev–Trinajstić information content (AvgIpc) is 2.69. The van der Waals surface area contributed by atoms with E-state index in [0.29, 0.717) is 16.4 Å². The molecule has 7 heteroatoms. The molecule has 1 saturated heterocycles. The third kappa shape index (κ3) is 2.84. The lowest BCUT2D eigenvalue weighted by atomic mass is 10.00. The van der Waals surface area contributed by atoms with E-state index in [2.05, 4.69) is 4.98 Å². The number of aryl methyl sites for hydroxylation is 2. The van der Waals surface area contributed by atoms with Crippen molar-refractivity contribution in [3.05, 3.63) is 10.7 Å². The zero-order valence-corrected chi connectivity index (χ0v) is 13.2. The Bertz CT molecular complexity index is 551. The Labute approximate surface area is 118 Å². The number of sulfonamides is 1. The summed E-state index contributed by atoms with van der Waals surface area (Å²) >= 11 is 1.25. The van der Waals surface area contributed by atoms with Crippen LogP contribution in [0.1, 0.15) is 36.9 Å². The van der Waals surface area contributed by atoms with E-state index in [1.807, 2.05) is 13.8 Å².